The number of carbonyl (C=O) groups excluding carboxylic acids is 1. The molecule has 0 aromatic rings. The van der Waals surface area contributed by atoms with Crippen LogP contribution in [0.5, 0.6) is 0 Å². The minimum absolute atomic E-state index is 0.0141. The van der Waals surface area contributed by atoms with Gasteiger partial charge in [0.25, 0.3) is 0 Å². The van der Waals surface area contributed by atoms with Gasteiger partial charge < -0.3 is 51.1 Å². The molecule has 0 fully saturated rings. The van der Waals surface area contributed by atoms with Crippen LogP contribution in [0.2, 0.25) is 0 Å². The summed E-state index contributed by atoms with van der Waals surface area (Å²) in [5.41, 5.74) is 0. The average Bonchev–Trinajstić information content (AvgIpc) is 2.71. The molecule has 0 aromatic heterocycles. The minimum Gasteiger partial charge on any atom is -0.393 e. The van der Waals surface area contributed by atoms with E-state index in [1.54, 1.807) is 12.2 Å². The van der Waals surface area contributed by atoms with Crippen molar-refractivity contribution in [3.8, 4) is 0 Å². The van der Waals surface area contributed by atoms with E-state index in [1.807, 2.05) is 0 Å². The van der Waals surface area contributed by atoms with Crippen LogP contribution in [0.15, 0.2) is 24.3 Å². The summed E-state index contributed by atoms with van der Waals surface area (Å²) in [6.07, 6.45) is -3.73. The van der Waals surface area contributed by atoms with Crippen molar-refractivity contribution in [2.24, 2.45) is 0 Å². The number of aliphatic hydroxyl groups excluding tert-OH is 10. The van der Waals surface area contributed by atoms with Crippen LogP contribution in [-0.2, 0) is 4.79 Å². The van der Waals surface area contributed by atoms with Gasteiger partial charge in [-0.25, -0.2) is 0 Å². The number of rotatable bonds is 22. The summed E-state index contributed by atoms with van der Waals surface area (Å²) in [6, 6.07) is 0. The van der Waals surface area contributed by atoms with Crippen LogP contribution >= 0.6 is 0 Å². The van der Waals surface area contributed by atoms with Crippen LogP contribution in [0.4, 0.5) is 0 Å². The van der Waals surface area contributed by atoms with E-state index in [4.69, 9.17) is 0 Å². The first-order chi connectivity index (χ1) is 17.3. The summed E-state index contributed by atoms with van der Waals surface area (Å²) in [7, 11) is 0. The monoisotopic (exact) mass is 536 g/mol. The molecule has 0 heterocycles. The third-order valence-electron chi connectivity index (χ3n) is 5.81. The van der Waals surface area contributed by atoms with Gasteiger partial charge in [-0.05, 0) is 77.2 Å². The second-order valence-electron chi connectivity index (χ2n) is 10.0. The van der Waals surface area contributed by atoms with Gasteiger partial charge in [-0.2, -0.15) is 0 Å². The summed E-state index contributed by atoms with van der Waals surface area (Å²) in [5, 5.41) is 99.4. The van der Waals surface area contributed by atoms with Gasteiger partial charge in [0.15, 0.2) is 0 Å². The van der Waals surface area contributed by atoms with E-state index in [9.17, 15) is 55.9 Å². The average molecular weight is 537 g/mol. The molecule has 0 radical (unpaired) electrons. The largest absolute Gasteiger partial charge is 0.393 e. The molecule has 218 valence electrons. The predicted molar refractivity (Wildman–Crippen MR) is 136 cm³/mol. The predicted octanol–water partition coefficient (Wildman–Crippen LogP) is -1.17. The van der Waals surface area contributed by atoms with Gasteiger partial charge in [-0.15, -0.1) is 0 Å². The fourth-order valence-corrected chi connectivity index (χ4v) is 4.20. The molecular formula is C26H48O11. The summed E-state index contributed by atoms with van der Waals surface area (Å²) >= 11 is 0. The van der Waals surface area contributed by atoms with Gasteiger partial charge in [-0.1, -0.05) is 18.2 Å². The van der Waals surface area contributed by atoms with Crippen molar-refractivity contribution in [1.82, 2.24) is 0 Å². The number of carbonyl (C=O) groups is 1. The van der Waals surface area contributed by atoms with Gasteiger partial charge in [0, 0.05) is 0 Å². The maximum atomic E-state index is 10.2. The van der Waals surface area contributed by atoms with Crippen molar-refractivity contribution >= 4 is 6.29 Å². The third kappa shape index (κ3) is 21.4. The molecule has 0 amide bonds. The molecule has 0 saturated carbocycles. The Morgan fingerprint density at radius 2 is 0.730 bits per heavy atom. The van der Waals surface area contributed by atoms with E-state index < -0.39 is 61.0 Å². The first-order valence-corrected chi connectivity index (χ1v) is 12.9. The van der Waals surface area contributed by atoms with E-state index >= 15 is 0 Å². The molecule has 11 nitrogen and oxygen atoms in total. The standard InChI is InChI=1S/C26H48O11/c1-17(28)8-19(30)10-21(32)12-23(34)14-25(36)16-26(37)15-24(35)13-22(33)11-20(31)9-18(29)6-4-2-3-5-7-27/h2-5,7,17-26,28-37H,6,8-16H2,1H3. The lowest BCUT2D eigenvalue weighted by Gasteiger charge is -2.24. The Kier molecular flexibility index (Phi) is 20.0. The Bertz CT molecular complexity index is 628. The van der Waals surface area contributed by atoms with Crippen molar-refractivity contribution in [2.75, 3.05) is 0 Å². The quantitative estimate of drug-likeness (QED) is 0.0451. The van der Waals surface area contributed by atoms with Crippen molar-refractivity contribution in [3.05, 3.63) is 24.3 Å². The van der Waals surface area contributed by atoms with Crippen molar-refractivity contribution in [2.45, 2.75) is 132 Å². The van der Waals surface area contributed by atoms with Crippen molar-refractivity contribution in [1.29, 1.82) is 0 Å². The van der Waals surface area contributed by atoms with Gasteiger partial charge in [-0.3, -0.25) is 4.79 Å². The maximum absolute atomic E-state index is 10.2. The molecular weight excluding hydrogens is 488 g/mol. The van der Waals surface area contributed by atoms with E-state index in [0.29, 0.717) is 6.29 Å². The van der Waals surface area contributed by atoms with Gasteiger partial charge >= 0.3 is 0 Å². The first-order valence-electron chi connectivity index (χ1n) is 12.9. The van der Waals surface area contributed by atoms with Crippen molar-refractivity contribution in [3.63, 3.8) is 0 Å². The zero-order valence-corrected chi connectivity index (χ0v) is 21.6. The van der Waals surface area contributed by atoms with Crippen LogP contribution in [0.25, 0.3) is 0 Å². The Morgan fingerprint density at radius 1 is 0.432 bits per heavy atom. The summed E-state index contributed by atoms with van der Waals surface area (Å²) in [5.74, 6) is 0. The molecule has 0 aromatic carbocycles. The smallest absolute Gasteiger partial charge is 0.142 e. The second-order valence-corrected chi connectivity index (χ2v) is 10.0. The normalized spacial score (nSPS) is 20.7. The number of hydrogen-bond donors (Lipinski definition) is 10. The molecule has 0 saturated heterocycles. The summed E-state index contributed by atoms with van der Waals surface area (Å²) in [6.45, 7) is 1.51. The van der Waals surface area contributed by atoms with E-state index in [-0.39, 0.29) is 64.2 Å². The fourth-order valence-electron chi connectivity index (χ4n) is 4.20. The van der Waals surface area contributed by atoms with E-state index in [2.05, 4.69) is 0 Å². The Hall–Kier alpha value is -1.25. The molecule has 37 heavy (non-hydrogen) atoms. The molecule has 10 N–H and O–H groups in total. The minimum atomic E-state index is -1.12. The van der Waals surface area contributed by atoms with Gasteiger partial charge in [0.2, 0.25) is 0 Å². The Balaban J connectivity index is 4.23. The van der Waals surface area contributed by atoms with Crippen LogP contribution in [0.1, 0.15) is 71.1 Å². The topological polar surface area (TPSA) is 219 Å². The van der Waals surface area contributed by atoms with Gasteiger partial charge in [0.05, 0.1) is 61.0 Å². The molecule has 0 aliphatic carbocycles. The maximum Gasteiger partial charge on any atom is 0.142 e. The van der Waals surface area contributed by atoms with E-state index in [0.717, 1.165) is 0 Å². The highest BCUT2D eigenvalue weighted by atomic mass is 16.3. The lowest BCUT2D eigenvalue weighted by molar-refractivity contribution is -0.104. The molecule has 0 bridgehead atoms. The van der Waals surface area contributed by atoms with E-state index in [1.165, 1.54) is 19.1 Å². The third-order valence-corrected chi connectivity index (χ3v) is 5.81. The molecule has 11 heteroatoms. The van der Waals surface area contributed by atoms with Crippen LogP contribution in [0, 0.1) is 0 Å². The lowest BCUT2D eigenvalue weighted by Crippen LogP contribution is -2.30. The highest BCUT2D eigenvalue weighted by Gasteiger charge is 2.24. The number of aldehydes is 1. The van der Waals surface area contributed by atoms with Crippen LogP contribution in [-0.4, -0.2) is 118 Å². The molecule has 0 spiro atoms. The highest BCUT2D eigenvalue weighted by molar-refractivity contribution is 5.65. The zero-order chi connectivity index (χ0) is 28.4. The molecule has 0 aliphatic rings. The number of allylic oxidation sites excluding steroid dienone is 3. The molecule has 0 aliphatic heterocycles. The Morgan fingerprint density at radius 3 is 1.03 bits per heavy atom. The molecule has 10 atom stereocenters. The Labute approximate surface area is 219 Å². The highest BCUT2D eigenvalue weighted by Crippen LogP contribution is 2.18. The fraction of sp³-hybridized carbons (Fsp3) is 0.808. The summed E-state index contributed by atoms with van der Waals surface area (Å²) < 4.78 is 0. The lowest BCUT2D eigenvalue weighted by atomic mass is 9.95. The zero-order valence-electron chi connectivity index (χ0n) is 21.6. The molecule has 0 rings (SSSR count). The van der Waals surface area contributed by atoms with Crippen LogP contribution in [0.3, 0.4) is 0 Å². The van der Waals surface area contributed by atoms with Gasteiger partial charge in [0.1, 0.15) is 6.29 Å². The number of aliphatic hydroxyl groups is 10. The van der Waals surface area contributed by atoms with Crippen molar-refractivity contribution < 1.29 is 55.9 Å². The first kappa shape index (κ1) is 35.8. The number of hydrogen-bond acceptors (Lipinski definition) is 11. The second kappa shape index (κ2) is 20.7. The molecule has 10 unspecified atom stereocenters. The summed E-state index contributed by atoms with van der Waals surface area (Å²) in [4.78, 5) is 10.2. The van der Waals surface area contributed by atoms with Crippen LogP contribution < -0.4 is 0 Å². The SMILES string of the molecule is CC(O)CC(O)CC(O)CC(O)CC(O)CC(O)CC(O)CC(O)CC(O)CC(O)CC=CC=CC=O.